The van der Waals surface area contributed by atoms with Crippen LogP contribution in [0, 0.1) is 12.7 Å². The third-order valence-corrected chi connectivity index (χ3v) is 8.09. The summed E-state index contributed by atoms with van der Waals surface area (Å²) in [5.41, 5.74) is -0.287. The van der Waals surface area contributed by atoms with Crippen molar-refractivity contribution in [2.75, 3.05) is 29.9 Å². The molecule has 0 bridgehead atoms. The summed E-state index contributed by atoms with van der Waals surface area (Å²) in [6, 6.07) is 14.7. The minimum Gasteiger partial charge on any atom is -0.366 e. The van der Waals surface area contributed by atoms with Gasteiger partial charge in [0.25, 0.3) is 5.91 Å². The Morgan fingerprint density at radius 1 is 1.00 bits per heavy atom. The summed E-state index contributed by atoms with van der Waals surface area (Å²) >= 11 is 0. The molecule has 1 unspecified atom stereocenters. The summed E-state index contributed by atoms with van der Waals surface area (Å²) in [5, 5.41) is 2.05. The predicted molar refractivity (Wildman–Crippen MR) is 133 cm³/mol. The normalized spacial score (nSPS) is 17.0. The molecular formula is C26H25F4N3O3S. The molecule has 0 aromatic heterocycles. The number of rotatable bonds is 5. The van der Waals surface area contributed by atoms with E-state index in [0.29, 0.717) is 6.54 Å². The molecule has 4 rings (SSSR count). The van der Waals surface area contributed by atoms with Crippen LogP contribution in [0.4, 0.5) is 28.9 Å². The predicted octanol–water partition coefficient (Wildman–Crippen LogP) is 5.30. The lowest BCUT2D eigenvalue weighted by Crippen LogP contribution is -2.53. The Morgan fingerprint density at radius 2 is 1.73 bits per heavy atom. The summed E-state index contributed by atoms with van der Waals surface area (Å²) < 4.78 is 82.4. The van der Waals surface area contributed by atoms with Crippen LogP contribution in [0.3, 0.4) is 0 Å². The van der Waals surface area contributed by atoms with E-state index in [9.17, 15) is 30.8 Å². The van der Waals surface area contributed by atoms with E-state index in [0.717, 1.165) is 47.6 Å². The number of halogens is 4. The molecule has 1 heterocycles. The first-order chi connectivity index (χ1) is 17.4. The first-order valence-corrected chi connectivity index (χ1v) is 12.9. The molecule has 0 spiro atoms. The monoisotopic (exact) mass is 535 g/mol. The molecule has 1 aliphatic heterocycles. The molecule has 6 nitrogen and oxygen atoms in total. The zero-order chi connectivity index (χ0) is 27.0. The molecular weight excluding hydrogens is 510 g/mol. The van der Waals surface area contributed by atoms with Crippen molar-refractivity contribution in [2.45, 2.75) is 31.0 Å². The van der Waals surface area contributed by atoms with Crippen LogP contribution in [0.1, 0.15) is 28.4 Å². The number of benzene rings is 3. The minimum atomic E-state index is -4.75. The molecule has 0 aliphatic carbocycles. The van der Waals surface area contributed by atoms with Crippen LogP contribution in [0.15, 0.2) is 71.6 Å². The largest absolute Gasteiger partial charge is 0.418 e. The van der Waals surface area contributed by atoms with E-state index in [2.05, 4.69) is 10.2 Å². The summed E-state index contributed by atoms with van der Waals surface area (Å²) in [6.45, 7) is 4.61. The van der Waals surface area contributed by atoms with Gasteiger partial charge in [0.2, 0.25) is 10.0 Å². The van der Waals surface area contributed by atoms with E-state index in [4.69, 9.17) is 0 Å². The SMILES string of the molecule is Cc1cccc(N2CCN(S(=O)(=O)c3ccc(F)c(C(=O)Nc4ccccc4C(F)(F)F)c3)CC2C)c1. The van der Waals surface area contributed by atoms with Crippen LogP contribution in [0.2, 0.25) is 0 Å². The molecule has 1 N–H and O–H groups in total. The van der Waals surface area contributed by atoms with Crippen molar-refractivity contribution >= 4 is 27.3 Å². The number of amides is 1. The number of carbonyl (C=O) groups is 1. The van der Waals surface area contributed by atoms with E-state index in [1.54, 1.807) is 0 Å². The van der Waals surface area contributed by atoms with Gasteiger partial charge in [0.1, 0.15) is 5.82 Å². The van der Waals surface area contributed by atoms with E-state index in [-0.39, 0.29) is 24.0 Å². The summed E-state index contributed by atoms with van der Waals surface area (Å²) in [6.07, 6.45) is -4.75. The van der Waals surface area contributed by atoms with Crippen molar-refractivity contribution in [3.63, 3.8) is 0 Å². The van der Waals surface area contributed by atoms with Crippen LogP contribution >= 0.6 is 0 Å². The molecule has 3 aromatic rings. The topological polar surface area (TPSA) is 69.7 Å². The van der Waals surface area contributed by atoms with Crippen molar-refractivity contribution in [1.29, 1.82) is 0 Å². The molecule has 1 fully saturated rings. The highest BCUT2D eigenvalue weighted by atomic mass is 32.2. The average molecular weight is 536 g/mol. The lowest BCUT2D eigenvalue weighted by Gasteiger charge is -2.40. The number of nitrogens with zero attached hydrogens (tertiary/aromatic N) is 2. The number of alkyl halides is 3. The fourth-order valence-corrected chi connectivity index (χ4v) is 5.89. The zero-order valence-corrected chi connectivity index (χ0v) is 20.9. The van der Waals surface area contributed by atoms with Crippen molar-refractivity contribution in [3.8, 4) is 0 Å². The third kappa shape index (κ3) is 5.62. The van der Waals surface area contributed by atoms with Crippen molar-refractivity contribution in [1.82, 2.24) is 4.31 Å². The summed E-state index contributed by atoms with van der Waals surface area (Å²) in [7, 11) is -4.11. The first-order valence-electron chi connectivity index (χ1n) is 11.5. The van der Waals surface area contributed by atoms with Crippen LogP contribution < -0.4 is 10.2 Å². The number of piperazine rings is 1. The molecule has 0 radical (unpaired) electrons. The molecule has 3 aromatic carbocycles. The lowest BCUT2D eigenvalue weighted by molar-refractivity contribution is -0.136. The van der Waals surface area contributed by atoms with Gasteiger partial charge in [-0.15, -0.1) is 0 Å². The summed E-state index contributed by atoms with van der Waals surface area (Å²) in [4.78, 5) is 14.5. The fourth-order valence-electron chi connectivity index (χ4n) is 4.35. The van der Waals surface area contributed by atoms with Crippen molar-refractivity contribution in [2.24, 2.45) is 0 Å². The molecule has 1 aliphatic rings. The standard InChI is InChI=1S/C26H25F4N3O3S/c1-17-6-5-7-19(14-17)33-13-12-32(16-18(33)2)37(35,36)20-10-11-23(27)21(15-20)25(34)31-24-9-4-3-8-22(24)26(28,29)30/h3-11,14-15,18H,12-13,16H2,1-2H3,(H,31,34). The first kappa shape index (κ1) is 26.6. The highest BCUT2D eigenvalue weighted by Crippen LogP contribution is 2.35. The average Bonchev–Trinajstić information content (AvgIpc) is 2.83. The van der Waals surface area contributed by atoms with Crippen LogP contribution in [-0.4, -0.2) is 44.3 Å². The van der Waals surface area contributed by atoms with Gasteiger partial charge in [-0.1, -0.05) is 24.3 Å². The number of anilines is 2. The third-order valence-electron chi connectivity index (χ3n) is 6.22. The van der Waals surface area contributed by atoms with Gasteiger partial charge >= 0.3 is 6.18 Å². The quantitative estimate of drug-likeness (QED) is 0.450. The maximum Gasteiger partial charge on any atom is 0.418 e. The molecule has 0 saturated carbocycles. The van der Waals surface area contributed by atoms with Crippen molar-refractivity contribution in [3.05, 3.63) is 89.2 Å². The lowest BCUT2D eigenvalue weighted by atomic mass is 10.1. The maximum absolute atomic E-state index is 14.5. The second-order valence-corrected chi connectivity index (χ2v) is 10.8. The maximum atomic E-state index is 14.5. The van der Waals surface area contributed by atoms with E-state index in [1.165, 1.54) is 10.4 Å². The second-order valence-electron chi connectivity index (χ2n) is 8.88. The summed E-state index contributed by atoms with van der Waals surface area (Å²) in [5.74, 6) is -2.25. The Hall–Kier alpha value is -3.44. The highest BCUT2D eigenvalue weighted by molar-refractivity contribution is 7.89. The number of para-hydroxylation sites is 1. The zero-order valence-electron chi connectivity index (χ0n) is 20.1. The smallest absolute Gasteiger partial charge is 0.366 e. The number of sulfonamides is 1. The Labute approximate surface area is 212 Å². The van der Waals surface area contributed by atoms with Gasteiger partial charge in [0.15, 0.2) is 0 Å². The second kappa shape index (κ2) is 10.1. The van der Waals surface area contributed by atoms with Gasteiger partial charge in [-0.2, -0.15) is 17.5 Å². The van der Waals surface area contributed by atoms with Gasteiger partial charge in [-0.3, -0.25) is 4.79 Å². The van der Waals surface area contributed by atoms with Gasteiger partial charge in [-0.25, -0.2) is 12.8 Å². The fraction of sp³-hybridized carbons (Fsp3) is 0.269. The van der Waals surface area contributed by atoms with Crippen LogP contribution in [-0.2, 0) is 16.2 Å². The Bertz CT molecular complexity index is 1430. The Morgan fingerprint density at radius 3 is 2.41 bits per heavy atom. The number of carbonyl (C=O) groups excluding carboxylic acids is 1. The van der Waals surface area contributed by atoms with Gasteiger partial charge in [0, 0.05) is 31.4 Å². The Kier molecular flexibility index (Phi) is 7.29. The van der Waals surface area contributed by atoms with Gasteiger partial charge < -0.3 is 10.2 Å². The van der Waals surface area contributed by atoms with E-state index in [1.807, 2.05) is 38.1 Å². The molecule has 1 atom stereocenters. The van der Waals surface area contributed by atoms with Crippen LogP contribution in [0.25, 0.3) is 0 Å². The van der Waals surface area contributed by atoms with Gasteiger partial charge in [0.05, 0.1) is 21.7 Å². The number of hydrogen-bond donors (Lipinski definition) is 1. The number of aryl methyl sites for hydroxylation is 1. The van der Waals surface area contributed by atoms with Crippen LogP contribution in [0.5, 0.6) is 0 Å². The van der Waals surface area contributed by atoms with Gasteiger partial charge in [-0.05, 0) is 61.9 Å². The van der Waals surface area contributed by atoms with Crippen molar-refractivity contribution < 1.29 is 30.8 Å². The molecule has 1 saturated heterocycles. The number of hydrogen-bond acceptors (Lipinski definition) is 4. The number of nitrogens with one attached hydrogen (secondary N) is 1. The van der Waals surface area contributed by atoms with E-state index < -0.39 is 44.7 Å². The highest BCUT2D eigenvalue weighted by Gasteiger charge is 2.35. The minimum absolute atomic E-state index is 0.160. The molecule has 11 heteroatoms. The Balaban J connectivity index is 1.56. The molecule has 196 valence electrons. The molecule has 1 amide bonds. The van der Waals surface area contributed by atoms with E-state index >= 15 is 0 Å². The molecule has 37 heavy (non-hydrogen) atoms.